The van der Waals surface area contributed by atoms with Gasteiger partial charge in [-0.2, -0.15) is 0 Å². The lowest BCUT2D eigenvalue weighted by atomic mass is 10.1. The van der Waals surface area contributed by atoms with Gasteiger partial charge in [0.15, 0.2) is 0 Å². The summed E-state index contributed by atoms with van der Waals surface area (Å²) in [7, 11) is 0. The molecule has 2 aliphatic heterocycles. The molecule has 1 aromatic heterocycles. The van der Waals surface area contributed by atoms with Crippen LogP contribution in [-0.2, 0) is 4.79 Å². The van der Waals surface area contributed by atoms with Crippen molar-refractivity contribution in [2.75, 3.05) is 45.8 Å². The van der Waals surface area contributed by atoms with Crippen molar-refractivity contribution < 1.29 is 18.7 Å². The summed E-state index contributed by atoms with van der Waals surface area (Å²) in [5.41, 5.74) is 0. The molecule has 2 fully saturated rings. The quantitative estimate of drug-likeness (QED) is 0.731. The summed E-state index contributed by atoms with van der Waals surface area (Å²) < 4.78 is 18.9. The largest absolute Gasteiger partial charge is 0.490 e. The maximum Gasteiger partial charge on any atom is 0.264 e. The van der Waals surface area contributed by atoms with Gasteiger partial charge in [0.05, 0.1) is 11.4 Å². The summed E-state index contributed by atoms with van der Waals surface area (Å²) >= 11 is 1.45. The van der Waals surface area contributed by atoms with Crippen LogP contribution in [0.5, 0.6) is 5.75 Å². The van der Waals surface area contributed by atoms with Gasteiger partial charge in [-0.15, -0.1) is 11.3 Å². The van der Waals surface area contributed by atoms with Crippen molar-refractivity contribution in [1.82, 2.24) is 14.7 Å². The minimum atomic E-state index is -0.271. The van der Waals surface area contributed by atoms with Gasteiger partial charge in [-0.05, 0) is 48.6 Å². The lowest BCUT2D eigenvalue weighted by molar-refractivity contribution is -0.134. The molecule has 3 heterocycles. The van der Waals surface area contributed by atoms with Crippen molar-refractivity contribution in [3.05, 3.63) is 52.5 Å². The first-order valence-electron chi connectivity index (χ1n) is 10.3. The van der Waals surface area contributed by atoms with E-state index in [-0.39, 0.29) is 23.7 Å². The lowest BCUT2D eigenvalue weighted by Gasteiger charge is -2.37. The molecule has 6 nitrogen and oxygen atoms in total. The van der Waals surface area contributed by atoms with Crippen molar-refractivity contribution in [3.8, 4) is 5.75 Å². The van der Waals surface area contributed by atoms with Gasteiger partial charge in [-0.1, -0.05) is 6.07 Å². The Hall–Kier alpha value is -2.45. The zero-order valence-corrected chi connectivity index (χ0v) is 17.7. The summed E-state index contributed by atoms with van der Waals surface area (Å²) in [5, 5.41) is 1.90. The number of ether oxygens (including phenoxy) is 1. The molecule has 0 spiro atoms. The molecule has 30 heavy (non-hydrogen) atoms. The summed E-state index contributed by atoms with van der Waals surface area (Å²) in [6.07, 6.45) is 1.77. The molecule has 1 aromatic carbocycles. The Bertz CT molecular complexity index is 843. The Morgan fingerprint density at radius 2 is 1.63 bits per heavy atom. The van der Waals surface area contributed by atoms with Crippen LogP contribution >= 0.6 is 11.3 Å². The molecule has 8 heteroatoms. The first kappa shape index (κ1) is 20.8. The number of carbonyl (C=O) groups is 2. The second-order valence-corrected chi connectivity index (χ2v) is 8.65. The highest BCUT2D eigenvalue weighted by molar-refractivity contribution is 7.12. The van der Waals surface area contributed by atoms with Crippen LogP contribution in [0.3, 0.4) is 0 Å². The molecule has 2 amide bonds. The maximum absolute atomic E-state index is 13.0. The van der Waals surface area contributed by atoms with E-state index in [1.54, 1.807) is 12.1 Å². The second-order valence-electron chi connectivity index (χ2n) is 7.70. The number of halogens is 1. The number of rotatable bonds is 5. The average Bonchev–Trinajstić information content (AvgIpc) is 3.31. The minimum absolute atomic E-state index is 0.0559. The van der Waals surface area contributed by atoms with Crippen molar-refractivity contribution in [1.29, 1.82) is 0 Å². The number of hydrogen-bond donors (Lipinski definition) is 0. The third-order valence-corrected chi connectivity index (χ3v) is 6.52. The van der Waals surface area contributed by atoms with Crippen LogP contribution in [0, 0.1) is 5.82 Å². The van der Waals surface area contributed by atoms with Crippen molar-refractivity contribution in [3.63, 3.8) is 0 Å². The summed E-state index contributed by atoms with van der Waals surface area (Å²) in [6, 6.07) is 9.81. The molecule has 2 saturated heterocycles. The monoisotopic (exact) mass is 431 g/mol. The van der Waals surface area contributed by atoms with Crippen LogP contribution < -0.4 is 4.74 Å². The van der Waals surface area contributed by atoms with Gasteiger partial charge in [0.25, 0.3) is 5.91 Å². The van der Waals surface area contributed by atoms with Crippen LogP contribution in [0.1, 0.15) is 22.5 Å². The Morgan fingerprint density at radius 1 is 0.967 bits per heavy atom. The number of piperidine rings is 1. The van der Waals surface area contributed by atoms with Crippen LogP contribution in [0.4, 0.5) is 4.39 Å². The fourth-order valence-electron chi connectivity index (χ4n) is 3.90. The highest BCUT2D eigenvalue weighted by atomic mass is 32.1. The molecule has 160 valence electrons. The zero-order valence-electron chi connectivity index (χ0n) is 16.8. The number of benzene rings is 1. The molecule has 0 aliphatic carbocycles. The van der Waals surface area contributed by atoms with E-state index < -0.39 is 0 Å². The minimum Gasteiger partial charge on any atom is -0.490 e. The molecule has 2 aliphatic rings. The van der Waals surface area contributed by atoms with Gasteiger partial charge in [0.1, 0.15) is 17.7 Å². The van der Waals surface area contributed by atoms with Crippen molar-refractivity contribution >= 4 is 23.2 Å². The van der Waals surface area contributed by atoms with Gasteiger partial charge in [0, 0.05) is 39.3 Å². The number of nitrogens with zero attached hydrogens (tertiary/aromatic N) is 3. The number of hydrogen-bond acceptors (Lipinski definition) is 5. The number of amides is 2. The van der Waals surface area contributed by atoms with Gasteiger partial charge < -0.3 is 14.5 Å². The van der Waals surface area contributed by atoms with Crippen LogP contribution in [0.25, 0.3) is 0 Å². The van der Waals surface area contributed by atoms with E-state index in [1.807, 2.05) is 27.3 Å². The van der Waals surface area contributed by atoms with E-state index >= 15 is 0 Å². The first-order valence-corrected chi connectivity index (χ1v) is 11.2. The van der Waals surface area contributed by atoms with Crippen LogP contribution in [-0.4, -0.2) is 78.4 Å². The Kier molecular flexibility index (Phi) is 6.64. The predicted octanol–water partition coefficient (Wildman–Crippen LogP) is 2.72. The Labute approximate surface area is 179 Å². The van der Waals surface area contributed by atoms with E-state index in [0.717, 1.165) is 30.8 Å². The van der Waals surface area contributed by atoms with E-state index in [4.69, 9.17) is 4.74 Å². The van der Waals surface area contributed by atoms with E-state index in [0.29, 0.717) is 38.5 Å². The number of thiophene rings is 1. The van der Waals surface area contributed by atoms with Crippen LogP contribution in [0.15, 0.2) is 41.8 Å². The average molecular weight is 432 g/mol. The van der Waals surface area contributed by atoms with Gasteiger partial charge in [-0.25, -0.2) is 4.39 Å². The molecule has 4 rings (SSSR count). The molecule has 0 radical (unpaired) electrons. The van der Waals surface area contributed by atoms with E-state index in [9.17, 15) is 14.0 Å². The molecule has 2 aromatic rings. The second kappa shape index (κ2) is 9.57. The highest BCUT2D eigenvalue weighted by Gasteiger charge is 2.28. The molecule has 0 atom stereocenters. The van der Waals surface area contributed by atoms with E-state index in [2.05, 4.69) is 4.90 Å². The van der Waals surface area contributed by atoms with Gasteiger partial charge >= 0.3 is 0 Å². The van der Waals surface area contributed by atoms with Gasteiger partial charge in [0.2, 0.25) is 5.91 Å². The Morgan fingerprint density at radius 3 is 2.27 bits per heavy atom. The maximum atomic E-state index is 13.0. The standard InChI is InChI=1S/C22H26FN3O3S/c23-17-3-5-18(6-4-17)29-19-7-9-24(10-8-19)16-21(27)25-11-13-26(14-12-25)22(28)20-2-1-15-30-20/h1-6,15,19H,7-14,16H2. The van der Waals surface area contributed by atoms with Crippen molar-refractivity contribution in [2.45, 2.75) is 18.9 Å². The summed E-state index contributed by atoms with van der Waals surface area (Å²) in [4.78, 5) is 31.7. The smallest absolute Gasteiger partial charge is 0.264 e. The first-order chi connectivity index (χ1) is 14.6. The molecule has 0 unspecified atom stereocenters. The number of likely N-dealkylation sites (tertiary alicyclic amines) is 1. The SMILES string of the molecule is O=C(CN1CCC(Oc2ccc(F)cc2)CC1)N1CCN(C(=O)c2cccs2)CC1. The third-order valence-electron chi connectivity index (χ3n) is 5.66. The topological polar surface area (TPSA) is 53.1 Å². The van der Waals surface area contributed by atoms with Gasteiger partial charge in [-0.3, -0.25) is 14.5 Å². The summed E-state index contributed by atoms with van der Waals surface area (Å²) in [5.74, 6) is 0.588. The fourth-order valence-corrected chi connectivity index (χ4v) is 4.59. The highest BCUT2D eigenvalue weighted by Crippen LogP contribution is 2.20. The lowest BCUT2D eigenvalue weighted by Crippen LogP contribution is -2.53. The number of piperazine rings is 1. The zero-order chi connectivity index (χ0) is 20.9. The number of carbonyl (C=O) groups excluding carboxylic acids is 2. The fraction of sp³-hybridized carbons (Fsp3) is 0.455. The summed E-state index contributed by atoms with van der Waals surface area (Å²) in [6.45, 7) is 4.33. The Balaban J connectivity index is 1.18. The molecular weight excluding hydrogens is 405 g/mol. The molecular formula is C22H26FN3O3S. The predicted molar refractivity (Wildman–Crippen MR) is 113 cm³/mol. The third kappa shape index (κ3) is 5.17. The van der Waals surface area contributed by atoms with Crippen LogP contribution in [0.2, 0.25) is 0 Å². The molecule has 0 N–H and O–H groups in total. The molecule has 0 saturated carbocycles. The van der Waals surface area contributed by atoms with E-state index in [1.165, 1.54) is 23.5 Å². The van der Waals surface area contributed by atoms with Crippen molar-refractivity contribution in [2.24, 2.45) is 0 Å². The molecule has 0 bridgehead atoms. The normalized spacial score (nSPS) is 18.4.